The van der Waals surface area contributed by atoms with E-state index in [-0.39, 0.29) is 12.5 Å². The molecule has 0 aromatic carbocycles. The highest BCUT2D eigenvalue weighted by molar-refractivity contribution is 5.76. The average Bonchev–Trinajstić information content (AvgIpc) is 3.12. The lowest BCUT2D eigenvalue weighted by Crippen LogP contribution is -2.45. The van der Waals surface area contributed by atoms with Crippen LogP contribution in [0.25, 0.3) is 0 Å². The molecule has 0 saturated carbocycles. The van der Waals surface area contributed by atoms with Crippen molar-refractivity contribution in [3.05, 3.63) is 60.8 Å². The number of unbranched alkanes of at least 4 members (excludes halogenated alkanes) is 23. The van der Waals surface area contributed by atoms with Crippen LogP contribution in [0, 0.1) is 0 Å². The van der Waals surface area contributed by atoms with Crippen LogP contribution in [0.4, 0.5) is 0 Å². The standard InChI is InChI=1S/C46H83NO3/c1-3-5-7-9-11-13-15-17-18-19-20-21-22-23-24-25-26-27-28-30-32-34-36-38-40-42-46(50)47-44(43-48)45(49)41-39-37-35-33-31-29-16-14-12-10-8-6-4-2/h12,14-15,17,19-20,31,33,39,41,44-45,48-49H,3-11,13,16,18,21-30,32,34-38,40,42-43H2,1-2H3,(H,47,50)/b14-12+,17-15-,20-19-,33-31+,41-39+. The molecule has 0 rings (SSSR count). The predicted molar refractivity (Wildman–Crippen MR) is 221 cm³/mol. The number of aliphatic hydroxyl groups is 2. The van der Waals surface area contributed by atoms with Crippen molar-refractivity contribution in [2.45, 2.75) is 219 Å². The molecule has 2 unspecified atom stereocenters. The summed E-state index contributed by atoms with van der Waals surface area (Å²) in [5.41, 5.74) is 0. The molecule has 0 saturated heterocycles. The molecule has 3 N–H and O–H groups in total. The van der Waals surface area contributed by atoms with Crippen molar-refractivity contribution < 1.29 is 15.0 Å². The Hall–Kier alpha value is -1.91. The van der Waals surface area contributed by atoms with Gasteiger partial charge in [0.2, 0.25) is 5.91 Å². The largest absolute Gasteiger partial charge is 0.394 e. The Morgan fingerprint density at radius 1 is 0.480 bits per heavy atom. The third-order valence-corrected chi connectivity index (χ3v) is 9.45. The number of hydrogen-bond donors (Lipinski definition) is 3. The van der Waals surface area contributed by atoms with Gasteiger partial charge in [-0.15, -0.1) is 0 Å². The number of amides is 1. The van der Waals surface area contributed by atoms with Gasteiger partial charge in [-0.05, 0) is 77.0 Å². The smallest absolute Gasteiger partial charge is 0.220 e. The van der Waals surface area contributed by atoms with Crippen LogP contribution in [-0.2, 0) is 4.79 Å². The van der Waals surface area contributed by atoms with Gasteiger partial charge in [-0.1, -0.05) is 184 Å². The van der Waals surface area contributed by atoms with Crippen molar-refractivity contribution in [3.63, 3.8) is 0 Å². The second-order valence-corrected chi connectivity index (χ2v) is 14.4. The fourth-order valence-corrected chi connectivity index (χ4v) is 6.12. The van der Waals surface area contributed by atoms with E-state index >= 15 is 0 Å². The average molecular weight is 698 g/mol. The van der Waals surface area contributed by atoms with Gasteiger partial charge in [0.1, 0.15) is 0 Å². The normalized spacial score (nSPS) is 13.6. The van der Waals surface area contributed by atoms with Gasteiger partial charge in [-0.2, -0.15) is 0 Å². The number of hydrogen-bond acceptors (Lipinski definition) is 3. The number of aliphatic hydroxyl groups excluding tert-OH is 2. The molecular formula is C46H83NO3. The fourth-order valence-electron chi connectivity index (χ4n) is 6.12. The first kappa shape index (κ1) is 48.1. The van der Waals surface area contributed by atoms with Gasteiger partial charge >= 0.3 is 0 Å². The van der Waals surface area contributed by atoms with E-state index in [0.717, 1.165) is 44.9 Å². The minimum absolute atomic E-state index is 0.0816. The summed E-state index contributed by atoms with van der Waals surface area (Å²) in [7, 11) is 0. The van der Waals surface area contributed by atoms with Crippen molar-refractivity contribution in [1.82, 2.24) is 5.32 Å². The van der Waals surface area contributed by atoms with Crippen LogP contribution in [0.5, 0.6) is 0 Å². The molecule has 0 spiro atoms. The second-order valence-electron chi connectivity index (χ2n) is 14.4. The number of carbonyl (C=O) groups excluding carboxylic acids is 1. The van der Waals surface area contributed by atoms with E-state index in [1.54, 1.807) is 6.08 Å². The minimum atomic E-state index is -0.870. The SMILES string of the molecule is CCCCC/C=C/CC/C=C/CC/C=C/C(O)C(CO)NC(=O)CCCCCCCCCCCCCCC/C=C\C/C=C\CCCCCCC. The third kappa shape index (κ3) is 37.3. The Morgan fingerprint density at radius 2 is 0.840 bits per heavy atom. The summed E-state index contributed by atoms with van der Waals surface area (Å²) >= 11 is 0. The Labute approximate surface area is 311 Å². The van der Waals surface area contributed by atoms with Gasteiger partial charge in [0.25, 0.3) is 0 Å². The monoisotopic (exact) mass is 698 g/mol. The first-order chi connectivity index (χ1) is 24.7. The molecule has 0 radical (unpaired) electrons. The lowest BCUT2D eigenvalue weighted by molar-refractivity contribution is -0.123. The van der Waals surface area contributed by atoms with Crippen molar-refractivity contribution in [1.29, 1.82) is 0 Å². The van der Waals surface area contributed by atoms with E-state index in [2.05, 4.69) is 67.8 Å². The molecule has 0 bridgehead atoms. The summed E-state index contributed by atoms with van der Waals surface area (Å²) in [4.78, 5) is 12.4. The van der Waals surface area contributed by atoms with Crippen LogP contribution in [0.2, 0.25) is 0 Å². The summed E-state index contributed by atoms with van der Waals surface area (Å²) in [5, 5.41) is 22.9. The van der Waals surface area contributed by atoms with E-state index in [4.69, 9.17) is 0 Å². The highest BCUT2D eigenvalue weighted by atomic mass is 16.3. The van der Waals surface area contributed by atoms with Crippen molar-refractivity contribution in [2.75, 3.05) is 6.61 Å². The van der Waals surface area contributed by atoms with E-state index in [1.165, 1.54) is 141 Å². The maximum Gasteiger partial charge on any atom is 0.220 e. The summed E-state index contributed by atoms with van der Waals surface area (Å²) in [6.07, 6.45) is 57.5. The van der Waals surface area contributed by atoms with Gasteiger partial charge in [0.15, 0.2) is 0 Å². The first-order valence-corrected chi connectivity index (χ1v) is 21.5. The molecule has 0 fully saturated rings. The third-order valence-electron chi connectivity index (χ3n) is 9.45. The van der Waals surface area contributed by atoms with Crippen molar-refractivity contribution >= 4 is 5.91 Å². The fraction of sp³-hybridized carbons (Fsp3) is 0.761. The van der Waals surface area contributed by atoms with Gasteiger partial charge in [-0.25, -0.2) is 0 Å². The zero-order valence-electron chi connectivity index (χ0n) is 33.2. The molecule has 0 aromatic heterocycles. The topological polar surface area (TPSA) is 69.6 Å². The Kier molecular flexibility index (Phi) is 39.9. The molecule has 0 aromatic rings. The number of nitrogens with one attached hydrogen (secondary N) is 1. The van der Waals surface area contributed by atoms with Gasteiger partial charge < -0.3 is 15.5 Å². The van der Waals surface area contributed by atoms with E-state index in [9.17, 15) is 15.0 Å². The maximum atomic E-state index is 12.4. The van der Waals surface area contributed by atoms with Crippen molar-refractivity contribution in [2.24, 2.45) is 0 Å². The zero-order valence-corrected chi connectivity index (χ0v) is 33.2. The Bertz CT molecular complexity index is 842. The van der Waals surface area contributed by atoms with Crippen LogP contribution in [0.3, 0.4) is 0 Å². The molecular weight excluding hydrogens is 615 g/mol. The summed E-state index contributed by atoms with van der Waals surface area (Å²) < 4.78 is 0. The number of allylic oxidation sites excluding steroid dienone is 9. The van der Waals surface area contributed by atoms with E-state index in [1.807, 2.05) is 6.08 Å². The zero-order chi connectivity index (χ0) is 36.4. The molecule has 0 aliphatic rings. The molecule has 4 nitrogen and oxygen atoms in total. The lowest BCUT2D eigenvalue weighted by atomic mass is 10.0. The summed E-state index contributed by atoms with van der Waals surface area (Å²) in [5.74, 6) is -0.0816. The van der Waals surface area contributed by atoms with Crippen LogP contribution in [-0.4, -0.2) is 34.9 Å². The van der Waals surface area contributed by atoms with E-state index < -0.39 is 12.1 Å². The van der Waals surface area contributed by atoms with Crippen LogP contribution in [0.15, 0.2) is 60.8 Å². The maximum absolute atomic E-state index is 12.4. The molecule has 0 aliphatic carbocycles. The molecule has 1 amide bonds. The van der Waals surface area contributed by atoms with Crippen molar-refractivity contribution in [3.8, 4) is 0 Å². The van der Waals surface area contributed by atoms with Gasteiger partial charge in [-0.3, -0.25) is 4.79 Å². The molecule has 50 heavy (non-hydrogen) atoms. The molecule has 2 atom stereocenters. The quantitative estimate of drug-likeness (QED) is 0.0444. The van der Waals surface area contributed by atoms with E-state index in [0.29, 0.717) is 6.42 Å². The molecule has 0 heterocycles. The highest BCUT2D eigenvalue weighted by Crippen LogP contribution is 2.14. The van der Waals surface area contributed by atoms with Crippen LogP contribution in [0.1, 0.15) is 206 Å². The molecule has 0 aliphatic heterocycles. The Balaban J connectivity index is 3.58. The van der Waals surface area contributed by atoms with Crippen LogP contribution >= 0.6 is 0 Å². The number of rotatable bonds is 38. The Morgan fingerprint density at radius 3 is 1.32 bits per heavy atom. The summed E-state index contributed by atoms with van der Waals surface area (Å²) in [6, 6.07) is -0.646. The predicted octanol–water partition coefficient (Wildman–Crippen LogP) is 13.3. The number of carbonyl (C=O) groups is 1. The molecule has 290 valence electrons. The highest BCUT2D eigenvalue weighted by Gasteiger charge is 2.17. The minimum Gasteiger partial charge on any atom is -0.394 e. The molecule has 4 heteroatoms. The summed E-state index contributed by atoms with van der Waals surface area (Å²) in [6.45, 7) is 4.24. The lowest BCUT2D eigenvalue weighted by Gasteiger charge is -2.19. The van der Waals surface area contributed by atoms with Gasteiger partial charge in [0, 0.05) is 6.42 Å². The van der Waals surface area contributed by atoms with Gasteiger partial charge in [0.05, 0.1) is 18.8 Å². The van der Waals surface area contributed by atoms with Crippen LogP contribution < -0.4 is 5.32 Å². The second kappa shape index (κ2) is 41.5. The first-order valence-electron chi connectivity index (χ1n) is 21.5.